The van der Waals surface area contributed by atoms with Crippen LogP contribution in [0.2, 0.25) is 0 Å². The summed E-state index contributed by atoms with van der Waals surface area (Å²) in [7, 11) is 0. The minimum atomic E-state index is -0.523. The van der Waals surface area contributed by atoms with Gasteiger partial charge in [-0.3, -0.25) is 15.1 Å². The van der Waals surface area contributed by atoms with E-state index in [-0.39, 0.29) is 5.75 Å². The highest BCUT2D eigenvalue weighted by molar-refractivity contribution is 5.97. The number of hydrogen-bond donors (Lipinski definition) is 4. The third-order valence-electron chi connectivity index (χ3n) is 5.56. The van der Waals surface area contributed by atoms with Crippen molar-refractivity contribution in [2.75, 3.05) is 0 Å². The number of H-pyrrole nitrogens is 2. The van der Waals surface area contributed by atoms with E-state index in [9.17, 15) is 9.50 Å². The van der Waals surface area contributed by atoms with Crippen molar-refractivity contribution in [3.05, 3.63) is 89.3 Å². The highest BCUT2D eigenvalue weighted by Crippen LogP contribution is 2.32. The molecule has 0 aliphatic heterocycles. The largest absolute Gasteiger partial charge is 0.508 e. The molecule has 0 amide bonds. The molecule has 4 heterocycles. The van der Waals surface area contributed by atoms with E-state index in [0.29, 0.717) is 16.8 Å². The van der Waals surface area contributed by atoms with Gasteiger partial charge in [0.15, 0.2) is 0 Å². The average Bonchev–Trinajstić information content (AvgIpc) is 3.45. The SMILES string of the molecule is C\C=c1/[nH]nc(-c2cc3c(-c4cc(O)cc(F)c4)cncc3[nH]2)/c1=C/C(=C\N)c1ccccn1. The molecule has 0 saturated heterocycles. The summed E-state index contributed by atoms with van der Waals surface area (Å²) in [5, 5.41) is 20.0. The molecule has 0 unspecified atom stereocenters. The number of aromatic nitrogens is 5. The quantitative estimate of drug-likeness (QED) is 0.333. The molecule has 5 aromatic rings. The summed E-state index contributed by atoms with van der Waals surface area (Å²) < 4.78 is 13.9. The maximum Gasteiger partial charge on any atom is 0.127 e. The zero-order valence-corrected chi connectivity index (χ0v) is 18.2. The van der Waals surface area contributed by atoms with Crippen molar-refractivity contribution in [2.24, 2.45) is 5.73 Å². The molecular formula is C26H21FN6O. The Kier molecular flexibility index (Phi) is 5.39. The van der Waals surface area contributed by atoms with E-state index in [2.05, 4.69) is 25.1 Å². The van der Waals surface area contributed by atoms with Crippen molar-refractivity contribution < 1.29 is 9.50 Å². The molecule has 5 N–H and O–H groups in total. The number of hydrogen-bond acceptors (Lipinski definition) is 5. The first kappa shape index (κ1) is 21.1. The van der Waals surface area contributed by atoms with Crippen LogP contribution in [0.25, 0.3) is 51.1 Å². The molecule has 168 valence electrons. The van der Waals surface area contributed by atoms with Gasteiger partial charge in [0.05, 0.1) is 28.5 Å². The molecule has 8 heteroatoms. The number of rotatable bonds is 4. The molecule has 0 saturated carbocycles. The van der Waals surface area contributed by atoms with Gasteiger partial charge < -0.3 is 15.8 Å². The lowest BCUT2D eigenvalue weighted by Gasteiger charge is -2.04. The Morgan fingerprint density at radius 3 is 2.76 bits per heavy atom. The number of aromatic amines is 2. The average molecular weight is 452 g/mol. The van der Waals surface area contributed by atoms with Crippen LogP contribution in [0.5, 0.6) is 5.75 Å². The van der Waals surface area contributed by atoms with Gasteiger partial charge in [0.2, 0.25) is 0 Å². The van der Waals surface area contributed by atoms with Crippen LogP contribution in [0.3, 0.4) is 0 Å². The fourth-order valence-electron chi connectivity index (χ4n) is 3.97. The summed E-state index contributed by atoms with van der Waals surface area (Å²) in [4.78, 5) is 12.0. The fourth-order valence-corrected chi connectivity index (χ4v) is 3.97. The van der Waals surface area contributed by atoms with Crippen LogP contribution in [-0.2, 0) is 0 Å². The van der Waals surface area contributed by atoms with E-state index < -0.39 is 5.82 Å². The molecule has 0 spiro atoms. The van der Waals surface area contributed by atoms with Gasteiger partial charge in [-0.25, -0.2) is 4.39 Å². The van der Waals surface area contributed by atoms with Crippen molar-refractivity contribution in [1.82, 2.24) is 25.1 Å². The van der Waals surface area contributed by atoms with E-state index in [0.717, 1.165) is 44.5 Å². The number of phenols is 1. The second-order valence-corrected chi connectivity index (χ2v) is 7.70. The standard InChI is InChI=1S/C26H21FN6O/c1-2-22-20(9-16(12-28)23-5-3-4-6-30-23)26(33-32-22)24-11-19-21(13-29-14-25(19)31-24)15-7-17(27)10-18(34)8-15/h2-14,31-32,34H,28H2,1H3/b16-12+,20-9+,22-2-. The van der Waals surface area contributed by atoms with Crippen LogP contribution in [-0.4, -0.2) is 30.3 Å². The molecule has 0 aliphatic rings. The number of allylic oxidation sites excluding steroid dienone is 1. The Morgan fingerprint density at radius 1 is 1.15 bits per heavy atom. The lowest BCUT2D eigenvalue weighted by Crippen LogP contribution is -2.23. The molecule has 0 bridgehead atoms. The smallest absolute Gasteiger partial charge is 0.127 e. The number of aromatic hydroxyl groups is 1. The van der Waals surface area contributed by atoms with E-state index in [1.807, 2.05) is 43.3 Å². The minimum absolute atomic E-state index is 0.148. The number of nitrogens with one attached hydrogen (secondary N) is 2. The Balaban J connectivity index is 1.70. The Bertz CT molecular complexity index is 1630. The Labute approximate surface area is 193 Å². The number of phenolic OH excluding ortho intramolecular Hbond substituents is 1. The first-order chi connectivity index (χ1) is 16.6. The van der Waals surface area contributed by atoms with Gasteiger partial charge in [-0.05, 0) is 48.9 Å². The predicted molar refractivity (Wildman–Crippen MR) is 131 cm³/mol. The molecule has 0 atom stereocenters. The number of pyridine rings is 2. The first-order valence-corrected chi connectivity index (χ1v) is 10.6. The van der Waals surface area contributed by atoms with Gasteiger partial charge in [-0.2, -0.15) is 5.10 Å². The van der Waals surface area contributed by atoms with E-state index in [1.165, 1.54) is 18.3 Å². The third kappa shape index (κ3) is 3.81. The molecule has 0 radical (unpaired) electrons. The topological polar surface area (TPSA) is 116 Å². The maximum atomic E-state index is 13.9. The molecule has 34 heavy (non-hydrogen) atoms. The van der Waals surface area contributed by atoms with Crippen LogP contribution in [0.15, 0.2) is 67.3 Å². The summed E-state index contributed by atoms with van der Waals surface area (Å²) in [6.07, 6.45) is 10.4. The Hall–Kier alpha value is -4.72. The monoisotopic (exact) mass is 452 g/mol. The van der Waals surface area contributed by atoms with E-state index in [1.54, 1.807) is 18.6 Å². The number of nitrogens with two attached hydrogens (primary N) is 1. The zero-order valence-electron chi connectivity index (χ0n) is 18.2. The summed E-state index contributed by atoms with van der Waals surface area (Å²) in [6, 6.07) is 11.5. The van der Waals surface area contributed by atoms with Gasteiger partial charge in [0.1, 0.15) is 17.3 Å². The lowest BCUT2D eigenvalue weighted by molar-refractivity contribution is 0.469. The fraction of sp³-hybridized carbons (Fsp3) is 0.0385. The van der Waals surface area contributed by atoms with Gasteiger partial charge in [-0.15, -0.1) is 0 Å². The molecule has 4 aromatic heterocycles. The number of nitrogens with zero attached hydrogens (tertiary/aromatic N) is 3. The minimum Gasteiger partial charge on any atom is -0.508 e. The zero-order chi connectivity index (χ0) is 23.7. The van der Waals surface area contributed by atoms with Crippen LogP contribution in [0.4, 0.5) is 4.39 Å². The van der Waals surface area contributed by atoms with Crippen LogP contribution in [0, 0.1) is 5.82 Å². The van der Waals surface area contributed by atoms with Crippen molar-refractivity contribution >= 4 is 28.6 Å². The van der Waals surface area contributed by atoms with Crippen molar-refractivity contribution in [1.29, 1.82) is 0 Å². The number of benzene rings is 1. The summed E-state index contributed by atoms with van der Waals surface area (Å²) >= 11 is 0. The van der Waals surface area contributed by atoms with Gasteiger partial charge in [0, 0.05) is 46.4 Å². The molecular weight excluding hydrogens is 431 g/mol. The van der Waals surface area contributed by atoms with Crippen molar-refractivity contribution in [3.8, 4) is 28.3 Å². The Morgan fingerprint density at radius 2 is 2.03 bits per heavy atom. The molecule has 0 aliphatic carbocycles. The van der Waals surface area contributed by atoms with Gasteiger partial charge in [-0.1, -0.05) is 12.1 Å². The molecule has 0 fully saturated rings. The van der Waals surface area contributed by atoms with Crippen molar-refractivity contribution in [3.63, 3.8) is 0 Å². The molecule has 7 nitrogen and oxygen atoms in total. The number of halogens is 1. The second-order valence-electron chi connectivity index (χ2n) is 7.70. The van der Waals surface area contributed by atoms with Gasteiger partial charge in [0.25, 0.3) is 0 Å². The van der Waals surface area contributed by atoms with Crippen molar-refractivity contribution in [2.45, 2.75) is 6.92 Å². The third-order valence-corrected chi connectivity index (χ3v) is 5.56. The normalized spacial score (nSPS) is 13.2. The predicted octanol–water partition coefficient (Wildman–Crippen LogP) is 3.44. The molecule has 1 aromatic carbocycles. The van der Waals surface area contributed by atoms with E-state index in [4.69, 9.17) is 5.73 Å². The second kappa shape index (κ2) is 8.67. The first-order valence-electron chi connectivity index (χ1n) is 10.6. The van der Waals surface area contributed by atoms with Gasteiger partial charge >= 0.3 is 0 Å². The number of fused-ring (bicyclic) bond motifs is 1. The summed E-state index contributed by atoms with van der Waals surface area (Å²) in [5.74, 6) is -0.670. The highest BCUT2D eigenvalue weighted by Gasteiger charge is 2.14. The lowest BCUT2D eigenvalue weighted by atomic mass is 10.0. The highest BCUT2D eigenvalue weighted by atomic mass is 19.1. The summed E-state index contributed by atoms with van der Waals surface area (Å²) in [6.45, 7) is 1.92. The van der Waals surface area contributed by atoms with Crippen LogP contribution < -0.4 is 16.3 Å². The maximum absolute atomic E-state index is 13.9. The molecule has 5 rings (SSSR count). The van der Waals surface area contributed by atoms with Crippen LogP contribution in [0.1, 0.15) is 12.6 Å². The summed E-state index contributed by atoms with van der Waals surface area (Å²) in [5.41, 5.74) is 10.8. The van der Waals surface area contributed by atoms with E-state index >= 15 is 0 Å². The van der Waals surface area contributed by atoms with Crippen LogP contribution >= 0.6 is 0 Å².